The summed E-state index contributed by atoms with van der Waals surface area (Å²) in [5.74, 6) is 0. The number of carbonyl (C=O) groups excluding carboxylic acids is 1. The van der Waals surface area contributed by atoms with Gasteiger partial charge in [-0.05, 0) is 44.5 Å². The number of benzene rings is 1. The van der Waals surface area contributed by atoms with Crippen LogP contribution in [0.15, 0.2) is 34.8 Å². The maximum Gasteiger partial charge on any atom is 0.509 e. The Bertz CT molecular complexity index is 433. The van der Waals surface area contributed by atoms with E-state index in [1.165, 1.54) is 0 Å². The van der Waals surface area contributed by atoms with Crippen LogP contribution in [0, 0.1) is 0 Å². The summed E-state index contributed by atoms with van der Waals surface area (Å²) in [5, 5.41) is 0. The molecule has 1 aromatic rings. The van der Waals surface area contributed by atoms with E-state index in [1.54, 1.807) is 26.8 Å². The van der Waals surface area contributed by atoms with Gasteiger partial charge in [-0.2, -0.15) is 0 Å². The second-order valence-electron chi connectivity index (χ2n) is 4.73. The van der Waals surface area contributed by atoms with Gasteiger partial charge in [0.1, 0.15) is 12.2 Å². The molecule has 0 bridgehead atoms. The van der Waals surface area contributed by atoms with Gasteiger partial charge in [-0.3, -0.25) is 0 Å². The Balaban J connectivity index is 2.36. The van der Waals surface area contributed by atoms with Crippen LogP contribution in [0.3, 0.4) is 0 Å². The molecule has 0 unspecified atom stereocenters. The average molecular weight is 313 g/mol. The minimum Gasteiger partial charge on any atom is -0.430 e. The summed E-state index contributed by atoms with van der Waals surface area (Å²) in [4.78, 5) is 11.2. The zero-order valence-corrected chi connectivity index (χ0v) is 12.4. The van der Waals surface area contributed by atoms with E-state index in [-0.39, 0.29) is 6.61 Å². The lowest BCUT2D eigenvalue weighted by atomic mass is 10.2. The fourth-order valence-electron chi connectivity index (χ4n) is 1.19. The van der Waals surface area contributed by atoms with E-state index in [0.29, 0.717) is 0 Å². The first-order valence-corrected chi connectivity index (χ1v) is 6.44. The summed E-state index contributed by atoms with van der Waals surface area (Å²) in [7, 11) is 0. The molecule has 3 nitrogen and oxygen atoms in total. The third-order valence-corrected chi connectivity index (χ3v) is 2.34. The first kappa shape index (κ1) is 14.8. The largest absolute Gasteiger partial charge is 0.509 e. The van der Waals surface area contributed by atoms with Crippen molar-refractivity contribution in [3.05, 3.63) is 40.4 Å². The zero-order chi connectivity index (χ0) is 13.6. The van der Waals surface area contributed by atoms with Gasteiger partial charge in [0.05, 0.1) is 0 Å². The van der Waals surface area contributed by atoms with Crippen molar-refractivity contribution in [2.75, 3.05) is 6.61 Å². The summed E-state index contributed by atoms with van der Waals surface area (Å²) >= 11 is 3.39. The van der Waals surface area contributed by atoms with Gasteiger partial charge in [0.2, 0.25) is 0 Å². The van der Waals surface area contributed by atoms with Crippen molar-refractivity contribution >= 4 is 28.2 Å². The molecule has 1 rings (SSSR count). The smallest absolute Gasteiger partial charge is 0.430 e. The van der Waals surface area contributed by atoms with Gasteiger partial charge >= 0.3 is 6.16 Å². The van der Waals surface area contributed by atoms with Gasteiger partial charge in [-0.1, -0.05) is 34.1 Å². The maximum atomic E-state index is 11.2. The molecule has 0 aliphatic rings. The Labute approximate surface area is 116 Å². The predicted octanol–water partition coefficient (Wildman–Crippen LogP) is 4.41. The molecule has 18 heavy (non-hydrogen) atoms. The predicted molar refractivity (Wildman–Crippen MR) is 75.4 cm³/mol. The molecule has 0 atom stereocenters. The van der Waals surface area contributed by atoms with Gasteiger partial charge in [0.15, 0.2) is 0 Å². The Kier molecular flexibility index (Phi) is 5.41. The normalized spacial score (nSPS) is 11.6. The minimum atomic E-state index is -0.651. The lowest BCUT2D eigenvalue weighted by molar-refractivity contribution is -0.00234. The second kappa shape index (κ2) is 6.59. The van der Waals surface area contributed by atoms with Crippen LogP contribution >= 0.6 is 15.9 Å². The van der Waals surface area contributed by atoms with Crippen molar-refractivity contribution in [2.24, 2.45) is 0 Å². The highest BCUT2D eigenvalue weighted by Crippen LogP contribution is 2.12. The molecule has 0 amide bonds. The molecule has 0 saturated heterocycles. The molecule has 1 aromatic carbocycles. The number of hydrogen-bond donors (Lipinski definition) is 0. The number of rotatable bonds is 3. The van der Waals surface area contributed by atoms with Crippen LogP contribution in [0.2, 0.25) is 0 Å². The summed E-state index contributed by atoms with van der Waals surface area (Å²) in [6.07, 6.45) is 3.00. The lowest BCUT2D eigenvalue weighted by Crippen LogP contribution is -2.24. The van der Waals surface area contributed by atoms with Crippen molar-refractivity contribution < 1.29 is 14.3 Å². The number of ether oxygens (including phenoxy) is 2. The third-order valence-electron chi connectivity index (χ3n) is 1.85. The molecule has 0 aromatic heterocycles. The molecule has 98 valence electrons. The Hall–Kier alpha value is -1.29. The Morgan fingerprint density at radius 2 is 2.11 bits per heavy atom. The molecule has 0 aliphatic heterocycles. The van der Waals surface area contributed by atoms with E-state index < -0.39 is 11.8 Å². The number of halogens is 1. The van der Waals surface area contributed by atoms with Crippen LogP contribution in [0.4, 0.5) is 4.79 Å². The van der Waals surface area contributed by atoms with Crippen molar-refractivity contribution in [3.63, 3.8) is 0 Å². The van der Waals surface area contributed by atoms with Crippen LogP contribution in [0.5, 0.6) is 0 Å². The van der Waals surface area contributed by atoms with Crippen molar-refractivity contribution in [3.8, 4) is 0 Å². The van der Waals surface area contributed by atoms with Gasteiger partial charge in [0.25, 0.3) is 0 Å². The van der Waals surface area contributed by atoms with Gasteiger partial charge in [-0.15, -0.1) is 0 Å². The van der Waals surface area contributed by atoms with Crippen LogP contribution < -0.4 is 0 Å². The van der Waals surface area contributed by atoms with E-state index in [4.69, 9.17) is 9.47 Å². The molecule has 0 spiro atoms. The summed E-state index contributed by atoms with van der Waals surface area (Å²) in [6, 6.07) is 7.84. The van der Waals surface area contributed by atoms with Gasteiger partial charge in [-0.25, -0.2) is 4.79 Å². The lowest BCUT2D eigenvalue weighted by Gasteiger charge is -2.18. The molecule has 0 heterocycles. The first-order chi connectivity index (χ1) is 8.37. The Morgan fingerprint density at radius 1 is 1.39 bits per heavy atom. The van der Waals surface area contributed by atoms with E-state index in [2.05, 4.69) is 15.9 Å². The summed E-state index contributed by atoms with van der Waals surface area (Å²) in [6.45, 7) is 5.59. The second-order valence-corrected chi connectivity index (χ2v) is 5.65. The van der Waals surface area contributed by atoms with Crippen molar-refractivity contribution in [1.82, 2.24) is 0 Å². The molecule has 0 N–H and O–H groups in total. The topological polar surface area (TPSA) is 35.5 Å². The maximum absolute atomic E-state index is 11.2. The van der Waals surface area contributed by atoms with E-state index in [9.17, 15) is 4.79 Å². The zero-order valence-electron chi connectivity index (χ0n) is 10.8. The number of hydrogen-bond acceptors (Lipinski definition) is 3. The van der Waals surface area contributed by atoms with Crippen LogP contribution in [-0.4, -0.2) is 18.4 Å². The van der Waals surface area contributed by atoms with Crippen LogP contribution in [0.1, 0.15) is 26.3 Å². The van der Waals surface area contributed by atoms with Crippen LogP contribution in [0.25, 0.3) is 6.08 Å². The molecular formula is C14H17BrO3. The molecule has 4 heteroatoms. The quantitative estimate of drug-likeness (QED) is 0.775. The monoisotopic (exact) mass is 312 g/mol. The average Bonchev–Trinajstić information content (AvgIpc) is 2.22. The van der Waals surface area contributed by atoms with Gasteiger partial charge in [0, 0.05) is 4.47 Å². The summed E-state index contributed by atoms with van der Waals surface area (Å²) < 4.78 is 10.9. The molecular weight excluding hydrogens is 296 g/mol. The van der Waals surface area contributed by atoms with E-state index in [0.717, 1.165) is 10.0 Å². The molecule has 0 radical (unpaired) electrons. The van der Waals surface area contributed by atoms with Crippen LogP contribution in [-0.2, 0) is 9.47 Å². The third kappa shape index (κ3) is 6.45. The fraction of sp³-hybridized carbons (Fsp3) is 0.357. The Morgan fingerprint density at radius 3 is 2.72 bits per heavy atom. The highest BCUT2D eigenvalue weighted by molar-refractivity contribution is 9.10. The van der Waals surface area contributed by atoms with Crippen molar-refractivity contribution in [1.29, 1.82) is 0 Å². The summed E-state index contributed by atoms with van der Waals surface area (Å²) in [5.41, 5.74) is 0.516. The number of carbonyl (C=O) groups is 1. The molecule has 0 fully saturated rings. The minimum absolute atomic E-state index is 0.196. The molecule has 0 aliphatic carbocycles. The SMILES string of the molecule is CC(C)(C)OC(=O)OC/C=C/c1cccc(Br)c1. The highest BCUT2D eigenvalue weighted by Gasteiger charge is 2.16. The first-order valence-electron chi connectivity index (χ1n) is 5.65. The van der Waals surface area contributed by atoms with Gasteiger partial charge < -0.3 is 9.47 Å². The van der Waals surface area contributed by atoms with Crippen molar-refractivity contribution in [2.45, 2.75) is 26.4 Å². The molecule has 0 saturated carbocycles. The van der Waals surface area contributed by atoms with E-state index >= 15 is 0 Å². The fourth-order valence-corrected chi connectivity index (χ4v) is 1.61. The van der Waals surface area contributed by atoms with E-state index in [1.807, 2.05) is 30.3 Å². The standard InChI is InChI=1S/C14H17BrO3/c1-14(2,3)18-13(16)17-9-5-7-11-6-4-8-12(15)10-11/h4-8,10H,9H2,1-3H3/b7-5+. The highest BCUT2D eigenvalue weighted by atomic mass is 79.9.